The summed E-state index contributed by atoms with van der Waals surface area (Å²) in [6, 6.07) is 0.414. The monoisotopic (exact) mass is 215 g/mol. The molecule has 0 saturated carbocycles. The SMILES string of the molecule is CC(C)N(C)CCNC(=O)NC(C)(C)C. The van der Waals surface area contributed by atoms with Crippen LogP contribution >= 0.6 is 0 Å². The van der Waals surface area contributed by atoms with Gasteiger partial charge in [-0.3, -0.25) is 0 Å². The lowest BCUT2D eigenvalue weighted by atomic mass is 10.1. The molecule has 15 heavy (non-hydrogen) atoms. The third-order valence-electron chi connectivity index (χ3n) is 2.12. The number of carbonyl (C=O) groups excluding carboxylic acids is 1. The van der Waals surface area contributed by atoms with Crippen molar-refractivity contribution >= 4 is 6.03 Å². The number of amides is 2. The summed E-state index contributed by atoms with van der Waals surface area (Å²) < 4.78 is 0. The molecule has 0 aliphatic carbocycles. The van der Waals surface area contributed by atoms with Crippen molar-refractivity contribution in [2.75, 3.05) is 20.1 Å². The van der Waals surface area contributed by atoms with E-state index in [2.05, 4.69) is 29.4 Å². The van der Waals surface area contributed by atoms with Crippen LogP contribution in [0.1, 0.15) is 34.6 Å². The first kappa shape index (κ1) is 14.2. The molecule has 0 aromatic heterocycles. The minimum atomic E-state index is -0.173. The van der Waals surface area contributed by atoms with Crippen LogP contribution in [0.3, 0.4) is 0 Å². The molecule has 4 heteroatoms. The van der Waals surface area contributed by atoms with E-state index < -0.39 is 0 Å². The van der Waals surface area contributed by atoms with Gasteiger partial charge >= 0.3 is 6.03 Å². The Hall–Kier alpha value is -0.770. The highest BCUT2D eigenvalue weighted by Gasteiger charge is 2.13. The Morgan fingerprint density at radius 1 is 1.33 bits per heavy atom. The second kappa shape index (κ2) is 5.95. The second-order valence-electron chi connectivity index (χ2n) is 5.21. The maximum atomic E-state index is 11.4. The van der Waals surface area contributed by atoms with E-state index >= 15 is 0 Å². The summed E-state index contributed by atoms with van der Waals surface area (Å²) in [5, 5.41) is 5.69. The van der Waals surface area contributed by atoms with Crippen molar-refractivity contribution in [1.29, 1.82) is 0 Å². The van der Waals surface area contributed by atoms with Crippen LogP contribution in [0, 0.1) is 0 Å². The van der Waals surface area contributed by atoms with Gasteiger partial charge in [0.1, 0.15) is 0 Å². The summed E-state index contributed by atoms with van der Waals surface area (Å²) in [5.41, 5.74) is -0.173. The van der Waals surface area contributed by atoms with E-state index in [1.807, 2.05) is 27.8 Å². The van der Waals surface area contributed by atoms with Crippen LogP contribution in [0.15, 0.2) is 0 Å². The van der Waals surface area contributed by atoms with Crippen molar-refractivity contribution in [2.24, 2.45) is 0 Å². The number of hydrogen-bond acceptors (Lipinski definition) is 2. The molecular formula is C11H25N3O. The van der Waals surface area contributed by atoms with Gasteiger partial charge in [0.05, 0.1) is 0 Å². The van der Waals surface area contributed by atoms with E-state index in [9.17, 15) is 4.79 Å². The van der Waals surface area contributed by atoms with Gasteiger partial charge in [0.15, 0.2) is 0 Å². The summed E-state index contributed by atoms with van der Waals surface area (Å²) in [7, 11) is 2.05. The van der Waals surface area contributed by atoms with Crippen LogP contribution in [-0.4, -0.2) is 42.6 Å². The molecule has 4 nitrogen and oxygen atoms in total. The van der Waals surface area contributed by atoms with Crippen molar-refractivity contribution < 1.29 is 4.79 Å². The van der Waals surface area contributed by atoms with Crippen molar-refractivity contribution in [1.82, 2.24) is 15.5 Å². The van der Waals surface area contributed by atoms with Gasteiger partial charge in [-0.15, -0.1) is 0 Å². The lowest BCUT2D eigenvalue weighted by molar-refractivity contribution is 0.226. The number of carbonyl (C=O) groups is 1. The molecule has 0 atom stereocenters. The van der Waals surface area contributed by atoms with Crippen LogP contribution in [0.2, 0.25) is 0 Å². The van der Waals surface area contributed by atoms with Crippen molar-refractivity contribution in [3.05, 3.63) is 0 Å². The Bertz CT molecular complexity index is 196. The fourth-order valence-electron chi connectivity index (χ4n) is 0.989. The van der Waals surface area contributed by atoms with Gasteiger partial charge in [-0.2, -0.15) is 0 Å². The molecule has 0 aromatic carbocycles. The molecule has 0 aliphatic rings. The van der Waals surface area contributed by atoms with Crippen molar-refractivity contribution in [3.8, 4) is 0 Å². The lowest BCUT2D eigenvalue weighted by Crippen LogP contribution is -2.48. The smallest absolute Gasteiger partial charge is 0.315 e. The van der Waals surface area contributed by atoms with Gasteiger partial charge in [-0.05, 0) is 41.7 Å². The van der Waals surface area contributed by atoms with E-state index in [-0.39, 0.29) is 11.6 Å². The standard InChI is InChI=1S/C11H25N3O/c1-9(2)14(6)8-7-12-10(15)13-11(3,4)5/h9H,7-8H2,1-6H3,(H2,12,13,15). The number of rotatable bonds is 4. The highest BCUT2D eigenvalue weighted by Crippen LogP contribution is 1.97. The summed E-state index contributed by atoms with van der Waals surface area (Å²) in [6.45, 7) is 11.7. The van der Waals surface area contributed by atoms with Crippen LogP contribution in [0.5, 0.6) is 0 Å². The Labute approximate surface area is 93.4 Å². The lowest BCUT2D eigenvalue weighted by Gasteiger charge is -2.23. The topological polar surface area (TPSA) is 44.4 Å². The maximum absolute atomic E-state index is 11.4. The van der Waals surface area contributed by atoms with Gasteiger partial charge < -0.3 is 15.5 Å². The Balaban J connectivity index is 3.65. The van der Waals surface area contributed by atoms with E-state index in [1.54, 1.807) is 0 Å². The predicted molar refractivity (Wildman–Crippen MR) is 64.1 cm³/mol. The largest absolute Gasteiger partial charge is 0.337 e. The second-order valence-corrected chi connectivity index (χ2v) is 5.21. The molecule has 0 heterocycles. The quantitative estimate of drug-likeness (QED) is 0.745. The summed E-state index contributed by atoms with van der Waals surface area (Å²) in [5.74, 6) is 0. The first-order chi connectivity index (χ1) is 6.72. The molecule has 0 radical (unpaired) electrons. The minimum absolute atomic E-state index is 0.0975. The van der Waals surface area contributed by atoms with E-state index in [1.165, 1.54) is 0 Å². The number of hydrogen-bond donors (Lipinski definition) is 2. The van der Waals surface area contributed by atoms with Crippen molar-refractivity contribution in [3.63, 3.8) is 0 Å². The third-order valence-corrected chi connectivity index (χ3v) is 2.12. The molecule has 0 aliphatic heterocycles. The van der Waals surface area contributed by atoms with E-state index in [4.69, 9.17) is 0 Å². The average Bonchev–Trinajstić information content (AvgIpc) is 2.00. The first-order valence-corrected chi connectivity index (χ1v) is 5.48. The van der Waals surface area contributed by atoms with Gasteiger partial charge in [0, 0.05) is 24.7 Å². The maximum Gasteiger partial charge on any atom is 0.315 e. The molecule has 90 valence electrons. The van der Waals surface area contributed by atoms with Gasteiger partial charge in [0.25, 0.3) is 0 Å². The van der Waals surface area contributed by atoms with Gasteiger partial charge in [-0.1, -0.05) is 0 Å². The van der Waals surface area contributed by atoms with Crippen LogP contribution in [0.4, 0.5) is 4.79 Å². The van der Waals surface area contributed by atoms with Crippen LogP contribution in [-0.2, 0) is 0 Å². The van der Waals surface area contributed by atoms with Gasteiger partial charge in [0.2, 0.25) is 0 Å². The van der Waals surface area contributed by atoms with E-state index in [0.717, 1.165) is 6.54 Å². The molecule has 2 N–H and O–H groups in total. The third kappa shape index (κ3) is 8.24. The molecule has 0 saturated heterocycles. The van der Waals surface area contributed by atoms with E-state index in [0.29, 0.717) is 12.6 Å². The molecule has 0 rings (SSSR count). The average molecular weight is 215 g/mol. The number of urea groups is 1. The van der Waals surface area contributed by atoms with Crippen molar-refractivity contribution in [2.45, 2.75) is 46.2 Å². The number of nitrogens with zero attached hydrogens (tertiary/aromatic N) is 1. The minimum Gasteiger partial charge on any atom is -0.337 e. The zero-order valence-electron chi connectivity index (χ0n) is 10.8. The normalized spacial score (nSPS) is 12.0. The molecule has 0 fully saturated rings. The highest BCUT2D eigenvalue weighted by atomic mass is 16.2. The predicted octanol–water partition coefficient (Wildman–Crippen LogP) is 1.42. The summed E-state index contributed by atoms with van der Waals surface area (Å²) in [4.78, 5) is 13.6. The molecule has 0 bridgehead atoms. The Kier molecular flexibility index (Phi) is 5.65. The Morgan fingerprint density at radius 3 is 2.27 bits per heavy atom. The zero-order chi connectivity index (χ0) is 12.1. The van der Waals surface area contributed by atoms with Crippen LogP contribution in [0.25, 0.3) is 0 Å². The molecule has 0 aromatic rings. The molecular weight excluding hydrogens is 190 g/mol. The fraction of sp³-hybridized carbons (Fsp3) is 0.909. The number of likely N-dealkylation sites (N-methyl/N-ethyl adjacent to an activating group) is 1. The summed E-state index contributed by atoms with van der Waals surface area (Å²) in [6.07, 6.45) is 0. The highest BCUT2D eigenvalue weighted by molar-refractivity contribution is 5.74. The van der Waals surface area contributed by atoms with Gasteiger partial charge in [-0.25, -0.2) is 4.79 Å². The molecule has 0 spiro atoms. The number of nitrogens with one attached hydrogen (secondary N) is 2. The Morgan fingerprint density at radius 2 is 1.87 bits per heavy atom. The first-order valence-electron chi connectivity index (χ1n) is 5.48. The van der Waals surface area contributed by atoms with Crippen LogP contribution < -0.4 is 10.6 Å². The fourth-order valence-corrected chi connectivity index (χ4v) is 0.989. The molecule has 0 unspecified atom stereocenters. The zero-order valence-corrected chi connectivity index (χ0v) is 10.8. The molecule has 2 amide bonds. The summed E-state index contributed by atoms with van der Waals surface area (Å²) >= 11 is 0.